The number of halogens is 1. The van der Waals surface area contributed by atoms with Crippen molar-refractivity contribution < 1.29 is 18.8 Å². The van der Waals surface area contributed by atoms with Crippen molar-refractivity contribution in [3.63, 3.8) is 0 Å². The summed E-state index contributed by atoms with van der Waals surface area (Å²) in [5.74, 6) is 0.620. The van der Waals surface area contributed by atoms with Gasteiger partial charge in [0.1, 0.15) is 11.6 Å². The average molecular weight is 358 g/mol. The number of nitrogens with zero attached hydrogens (tertiary/aromatic N) is 1. The molecule has 3 rings (SSSR count). The van der Waals surface area contributed by atoms with Gasteiger partial charge in [0.2, 0.25) is 0 Å². The predicted molar refractivity (Wildman–Crippen MR) is 99.0 cm³/mol. The SMILES string of the molecule is COc1cccc(N2CC[NH+](CC(=O)NCc3ccc(F)cc3)CC2)c1. The fourth-order valence-electron chi connectivity index (χ4n) is 3.16. The molecule has 1 heterocycles. The summed E-state index contributed by atoms with van der Waals surface area (Å²) in [7, 11) is 1.67. The van der Waals surface area contributed by atoms with E-state index in [1.165, 1.54) is 17.0 Å². The van der Waals surface area contributed by atoms with Crippen LogP contribution < -0.4 is 19.9 Å². The van der Waals surface area contributed by atoms with Crippen molar-refractivity contribution in [3.05, 3.63) is 59.9 Å². The average Bonchev–Trinajstić information content (AvgIpc) is 2.68. The molecular weight excluding hydrogens is 333 g/mol. The molecule has 2 aromatic carbocycles. The van der Waals surface area contributed by atoms with Crippen molar-refractivity contribution in [1.29, 1.82) is 0 Å². The molecule has 0 unspecified atom stereocenters. The Morgan fingerprint density at radius 1 is 1.19 bits per heavy atom. The smallest absolute Gasteiger partial charge is 0.275 e. The summed E-state index contributed by atoms with van der Waals surface area (Å²) in [6.45, 7) is 4.55. The Kier molecular flexibility index (Phi) is 6.07. The Balaban J connectivity index is 1.43. The van der Waals surface area contributed by atoms with Gasteiger partial charge >= 0.3 is 0 Å². The number of quaternary nitrogens is 1. The monoisotopic (exact) mass is 358 g/mol. The maximum absolute atomic E-state index is 12.9. The van der Waals surface area contributed by atoms with E-state index >= 15 is 0 Å². The Bertz CT molecular complexity index is 728. The van der Waals surface area contributed by atoms with Crippen molar-refractivity contribution >= 4 is 11.6 Å². The molecule has 1 fully saturated rings. The summed E-state index contributed by atoms with van der Waals surface area (Å²) in [5.41, 5.74) is 2.06. The number of nitrogens with one attached hydrogen (secondary N) is 2. The standard InChI is InChI=1S/C20H24FN3O2/c1-26-19-4-2-3-18(13-19)24-11-9-23(10-12-24)15-20(25)22-14-16-5-7-17(21)8-6-16/h2-8,13H,9-12,14-15H2,1H3,(H,22,25)/p+1. The van der Waals surface area contributed by atoms with Crippen LogP contribution in [0.15, 0.2) is 48.5 Å². The number of anilines is 1. The zero-order chi connectivity index (χ0) is 18.4. The zero-order valence-electron chi connectivity index (χ0n) is 15.0. The van der Waals surface area contributed by atoms with E-state index < -0.39 is 0 Å². The summed E-state index contributed by atoms with van der Waals surface area (Å²) in [6, 6.07) is 14.3. The van der Waals surface area contributed by atoms with Gasteiger partial charge in [0, 0.05) is 18.3 Å². The lowest BCUT2D eigenvalue weighted by Crippen LogP contribution is -3.15. The fraction of sp³-hybridized carbons (Fsp3) is 0.350. The van der Waals surface area contributed by atoms with Gasteiger partial charge in [-0.15, -0.1) is 0 Å². The van der Waals surface area contributed by atoms with E-state index in [0.717, 1.165) is 43.2 Å². The third-order valence-corrected chi connectivity index (χ3v) is 4.70. The molecule has 5 nitrogen and oxygen atoms in total. The number of piperazine rings is 1. The summed E-state index contributed by atoms with van der Waals surface area (Å²) >= 11 is 0. The maximum atomic E-state index is 12.9. The van der Waals surface area contributed by atoms with Gasteiger partial charge in [-0.2, -0.15) is 0 Å². The fourth-order valence-corrected chi connectivity index (χ4v) is 3.16. The normalized spacial score (nSPS) is 14.9. The van der Waals surface area contributed by atoms with E-state index in [4.69, 9.17) is 4.74 Å². The highest BCUT2D eigenvalue weighted by atomic mass is 19.1. The van der Waals surface area contributed by atoms with Crippen molar-refractivity contribution in [2.75, 3.05) is 44.7 Å². The summed E-state index contributed by atoms with van der Waals surface area (Å²) in [5, 5.41) is 2.91. The Hall–Kier alpha value is -2.60. The first-order chi connectivity index (χ1) is 12.6. The number of amides is 1. The number of ether oxygens (including phenoxy) is 1. The van der Waals surface area contributed by atoms with Crippen LogP contribution in [-0.4, -0.2) is 45.7 Å². The van der Waals surface area contributed by atoms with E-state index in [0.29, 0.717) is 13.1 Å². The van der Waals surface area contributed by atoms with Crippen LogP contribution in [0.5, 0.6) is 5.75 Å². The van der Waals surface area contributed by atoms with Gasteiger partial charge in [0.05, 0.1) is 33.3 Å². The minimum atomic E-state index is -0.265. The molecule has 0 radical (unpaired) electrons. The molecule has 1 saturated heterocycles. The summed E-state index contributed by atoms with van der Waals surface area (Å²) in [6.07, 6.45) is 0. The van der Waals surface area contributed by atoms with Crippen LogP contribution in [0.2, 0.25) is 0 Å². The molecule has 0 atom stereocenters. The summed E-state index contributed by atoms with van der Waals surface area (Å²) in [4.78, 5) is 15.8. The van der Waals surface area contributed by atoms with E-state index in [-0.39, 0.29) is 11.7 Å². The Morgan fingerprint density at radius 2 is 1.92 bits per heavy atom. The summed E-state index contributed by atoms with van der Waals surface area (Å²) < 4.78 is 18.2. The molecule has 26 heavy (non-hydrogen) atoms. The third-order valence-electron chi connectivity index (χ3n) is 4.70. The predicted octanol–water partition coefficient (Wildman–Crippen LogP) is 0.856. The molecule has 1 aliphatic rings. The number of rotatable bonds is 6. The van der Waals surface area contributed by atoms with Crippen LogP contribution in [0.3, 0.4) is 0 Å². The molecule has 138 valence electrons. The van der Waals surface area contributed by atoms with E-state index in [1.807, 2.05) is 18.2 Å². The number of carbonyl (C=O) groups is 1. The number of carbonyl (C=O) groups excluding carboxylic acids is 1. The molecule has 0 spiro atoms. The number of hydrogen-bond donors (Lipinski definition) is 2. The molecule has 2 aromatic rings. The zero-order valence-corrected chi connectivity index (χ0v) is 15.0. The van der Waals surface area contributed by atoms with Crippen LogP contribution in [0, 0.1) is 5.82 Å². The first-order valence-electron chi connectivity index (χ1n) is 8.88. The highest BCUT2D eigenvalue weighted by Crippen LogP contribution is 2.20. The van der Waals surface area contributed by atoms with Crippen LogP contribution >= 0.6 is 0 Å². The molecule has 1 amide bonds. The van der Waals surface area contributed by atoms with Crippen molar-refractivity contribution in [2.45, 2.75) is 6.54 Å². The number of benzene rings is 2. The highest BCUT2D eigenvalue weighted by molar-refractivity contribution is 5.76. The van der Waals surface area contributed by atoms with Crippen molar-refractivity contribution in [1.82, 2.24) is 5.32 Å². The van der Waals surface area contributed by atoms with Crippen LogP contribution in [-0.2, 0) is 11.3 Å². The molecule has 0 aliphatic carbocycles. The van der Waals surface area contributed by atoms with Gasteiger partial charge in [-0.3, -0.25) is 4.79 Å². The molecular formula is C20H25FN3O2+. The minimum Gasteiger partial charge on any atom is -0.497 e. The highest BCUT2D eigenvalue weighted by Gasteiger charge is 2.22. The van der Waals surface area contributed by atoms with E-state index in [1.54, 1.807) is 19.2 Å². The molecule has 0 bridgehead atoms. The van der Waals surface area contributed by atoms with Crippen molar-refractivity contribution in [3.8, 4) is 5.75 Å². The van der Waals surface area contributed by atoms with Gasteiger partial charge < -0.3 is 19.9 Å². The van der Waals surface area contributed by atoms with Gasteiger partial charge in [-0.1, -0.05) is 18.2 Å². The van der Waals surface area contributed by atoms with Crippen LogP contribution in [0.4, 0.5) is 10.1 Å². The molecule has 1 aliphatic heterocycles. The lowest BCUT2D eigenvalue weighted by Gasteiger charge is -2.33. The lowest BCUT2D eigenvalue weighted by molar-refractivity contribution is -0.892. The second kappa shape index (κ2) is 8.67. The van der Waals surface area contributed by atoms with Gasteiger partial charge in [0.25, 0.3) is 5.91 Å². The number of hydrogen-bond acceptors (Lipinski definition) is 3. The molecule has 0 aromatic heterocycles. The van der Waals surface area contributed by atoms with Gasteiger partial charge in [0.15, 0.2) is 6.54 Å². The largest absolute Gasteiger partial charge is 0.497 e. The molecule has 0 saturated carbocycles. The first kappa shape index (κ1) is 18.2. The van der Waals surface area contributed by atoms with Gasteiger partial charge in [-0.25, -0.2) is 4.39 Å². The van der Waals surface area contributed by atoms with Crippen molar-refractivity contribution in [2.24, 2.45) is 0 Å². The maximum Gasteiger partial charge on any atom is 0.275 e. The Morgan fingerprint density at radius 3 is 2.62 bits per heavy atom. The first-order valence-corrected chi connectivity index (χ1v) is 8.88. The third kappa shape index (κ3) is 4.95. The second-order valence-electron chi connectivity index (χ2n) is 6.52. The van der Waals surface area contributed by atoms with Crippen LogP contribution in [0.1, 0.15) is 5.56 Å². The second-order valence-corrected chi connectivity index (χ2v) is 6.52. The van der Waals surface area contributed by atoms with E-state index in [9.17, 15) is 9.18 Å². The molecule has 2 N–H and O–H groups in total. The molecule has 6 heteroatoms. The topological polar surface area (TPSA) is 46.0 Å². The number of methoxy groups -OCH3 is 1. The van der Waals surface area contributed by atoms with E-state index in [2.05, 4.69) is 16.3 Å². The van der Waals surface area contributed by atoms with Crippen LogP contribution in [0.25, 0.3) is 0 Å². The minimum absolute atomic E-state index is 0.0270. The lowest BCUT2D eigenvalue weighted by atomic mass is 10.2. The quantitative estimate of drug-likeness (QED) is 0.805. The van der Waals surface area contributed by atoms with Gasteiger partial charge in [-0.05, 0) is 29.8 Å². The Labute approximate surface area is 153 Å².